The van der Waals surface area contributed by atoms with E-state index in [1.807, 2.05) is 18.7 Å². The molecule has 1 rings (SSSR count). The minimum atomic E-state index is -0.331. The Morgan fingerprint density at radius 1 is 1.25 bits per heavy atom. The van der Waals surface area contributed by atoms with Crippen LogP contribution in [0.2, 0.25) is 0 Å². The van der Waals surface area contributed by atoms with Gasteiger partial charge in [0.05, 0.1) is 0 Å². The van der Waals surface area contributed by atoms with Gasteiger partial charge in [0, 0.05) is 6.54 Å². The van der Waals surface area contributed by atoms with Crippen LogP contribution in [0.5, 0.6) is 0 Å². The zero-order chi connectivity index (χ0) is 15.5. The summed E-state index contributed by atoms with van der Waals surface area (Å²) < 4.78 is 0. The summed E-state index contributed by atoms with van der Waals surface area (Å²) in [7, 11) is 0. The average Bonchev–Trinajstić information content (AvgIpc) is 2.34. The number of nitrogens with zero attached hydrogens (tertiary/aromatic N) is 1. The second kappa shape index (κ2) is 6.59. The van der Waals surface area contributed by atoms with E-state index < -0.39 is 0 Å². The zero-order valence-corrected chi connectivity index (χ0v) is 13.8. The molecule has 1 heterocycles. The molecular formula is C16H30N2O2. The lowest BCUT2D eigenvalue weighted by atomic mass is 9.81. The molecule has 1 N–H and O–H groups in total. The SMILES string of the molecule is CCCC1NC(=O)C(CC)N(CC(C)C(C)(C)C)C1=O. The molecule has 20 heavy (non-hydrogen) atoms. The van der Waals surface area contributed by atoms with Gasteiger partial charge in [0.15, 0.2) is 0 Å². The second-order valence-corrected chi connectivity index (χ2v) is 7.03. The third-order valence-corrected chi connectivity index (χ3v) is 4.49. The highest BCUT2D eigenvalue weighted by atomic mass is 16.2. The van der Waals surface area contributed by atoms with Crippen LogP contribution in [0.4, 0.5) is 0 Å². The Morgan fingerprint density at radius 2 is 1.85 bits per heavy atom. The van der Waals surface area contributed by atoms with Crippen molar-refractivity contribution in [1.82, 2.24) is 10.2 Å². The minimum Gasteiger partial charge on any atom is -0.343 e. The first-order valence-electron chi connectivity index (χ1n) is 7.83. The molecule has 0 bridgehead atoms. The molecule has 116 valence electrons. The first-order chi connectivity index (χ1) is 9.22. The van der Waals surface area contributed by atoms with Crippen LogP contribution >= 0.6 is 0 Å². The number of amides is 2. The fourth-order valence-corrected chi connectivity index (χ4v) is 2.50. The van der Waals surface area contributed by atoms with Gasteiger partial charge in [-0.25, -0.2) is 0 Å². The van der Waals surface area contributed by atoms with E-state index in [-0.39, 0.29) is 29.3 Å². The molecule has 2 amide bonds. The third kappa shape index (κ3) is 3.74. The molecule has 1 aliphatic rings. The van der Waals surface area contributed by atoms with Gasteiger partial charge in [-0.1, -0.05) is 48.0 Å². The van der Waals surface area contributed by atoms with Crippen LogP contribution in [0, 0.1) is 11.3 Å². The topological polar surface area (TPSA) is 49.4 Å². The Bertz CT molecular complexity index is 360. The Balaban J connectivity index is 2.91. The van der Waals surface area contributed by atoms with E-state index in [4.69, 9.17) is 0 Å². The summed E-state index contributed by atoms with van der Waals surface area (Å²) >= 11 is 0. The number of carbonyl (C=O) groups excluding carboxylic acids is 2. The molecule has 3 unspecified atom stereocenters. The Labute approximate surface area is 123 Å². The van der Waals surface area contributed by atoms with Crippen molar-refractivity contribution in [3.8, 4) is 0 Å². The number of hydrogen-bond donors (Lipinski definition) is 1. The molecular weight excluding hydrogens is 252 g/mol. The quantitative estimate of drug-likeness (QED) is 0.842. The molecule has 0 radical (unpaired) electrons. The zero-order valence-electron chi connectivity index (χ0n) is 13.8. The van der Waals surface area contributed by atoms with Gasteiger partial charge in [-0.15, -0.1) is 0 Å². The highest BCUT2D eigenvalue weighted by Gasteiger charge is 2.40. The van der Waals surface area contributed by atoms with Crippen molar-refractivity contribution in [3.05, 3.63) is 0 Å². The molecule has 0 aliphatic carbocycles. The van der Waals surface area contributed by atoms with E-state index >= 15 is 0 Å². The van der Waals surface area contributed by atoms with Gasteiger partial charge in [0.2, 0.25) is 11.8 Å². The van der Waals surface area contributed by atoms with Crippen molar-refractivity contribution in [2.75, 3.05) is 6.54 Å². The van der Waals surface area contributed by atoms with Gasteiger partial charge in [-0.2, -0.15) is 0 Å². The normalized spacial score (nSPS) is 25.6. The summed E-state index contributed by atoms with van der Waals surface area (Å²) in [6.07, 6.45) is 2.30. The maximum absolute atomic E-state index is 12.6. The molecule has 1 fully saturated rings. The Hall–Kier alpha value is -1.06. The minimum absolute atomic E-state index is 0.00617. The van der Waals surface area contributed by atoms with Crippen LogP contribution in [0.25, 0.3) is 0 Å². The number of rotatable bonds is 5. The molecule has 0 spiro atoms. The lowest BCUT2D eigenvalue weighted by Gasteiger charge is -2.42. The first-order valence-corrected chi connectivity index (χ1v) is 7.83. The molecule has 4 heteroatoms. The van der Waals surface area contributed by atoms with Crippen molar-refractivity contribution >= 4 is 11.8 Å². The van der Waals surface area contributed by atoms with Crippen LogP contribution in [0.15, 0.2) is 0 Å². The standard InChI is InChI=1S/C16H30N2O2/c1-7-9-12-15(20)18(10-11(3)16(4,5)6)13(8-2)14(19)17-12/h11-13H,7-10H2,1-6H3,(H,17,19). The first kappa shape index (κ1) is 17.0. The monoisotopic (exact) mass is 282 g/mol. The molecule has 3 atom stereocenters. The van der Waals surface area contributed by atoms with Crippen LogP contribution < -0.4 is 5.32 Å². The van der Waals surface area contributed by atoms with Gasteiger partial charge in [0.25, 0.3) is 0 Å². The molecule has 0 aromatic heterocycles. The molecule has 0 aromatic carbocycles. The van der Waals surface area contributed by atoms with Crippen LogP contribution in [0.3, 0.4) is 0 Å². The highest BCUT2D eigenvalue weighted by Crippen LogP contribution is 2.28. The number of nitrogens with one attached hydrogen (secondary N) is 1. The van der Waals surface area contributed by atoms with Gasteiger partial charge in [-0.05, 0) is 24.2 Å². The van der Waals surface area contributed by atoms with E-state index in [1.54, 1.807) is 0 Å². The van der Waals surface area contributed by atoms with Gasteiger partial charge in [-0.3, -0.25) is 9.59 Å². The summed E-state index contributed by atoms with van der Waals surface area (Å²) in [6.45, 7) is 13.3. The molecule has 0 aromatic rings. The summed E-state index contributed by atoms with van der Waals surface area (Å²) in [5, 5.41) is 2.88. The summed E-state index contributed by atoms with van der Waals surface area (Å²) in [4.78, 5) is 26.6. The number of carbonyl (C=O) groups is 2. The second-order valence-electron chi connectivity index (χ2n) is 7.03. The van der Waals surface area contributed by atoms with Crippen molar-refractivity contribution < 1.29 is 9.59 Å². The molecule has 0 saturated carbocycles. The van der Waals surface area contributed by atoms with Crippen LogP contribution in [0.1, 0.15) is 60.8 Å². The van der Waals surface area contributed by atoms with Crippen molar-refractivity contribution in [1.29, 1.82) is 0 Å². The van der Waals surface area contributed by atoms with E-state index in [9.17, 15) is 9.59 Å². The van der Waals surface area contributed by atoms with Crippen molar-refractivity contribution in [2.24, 2.45) is 11.3 Å². The lowest BCUT2D eigenvalue weighted by Crippen LogP contribution is -2.64. The maximum atomic E-state index is 12.6. The van der Waals surface area contributed by atoms with Gasteiger partial charge in [0.1, 0.15) is 12.1 Å². The predicted octanol–water partition coefficient (Wildman–Crippen LogP) is 2.57. The molecule has 1 aliphatic heterocycles. The van der Waals surface area contributed by atoms with E-state index in [0.29, 0.717) is 18.9 Å². The fourth-order valence-electron chi connectivity index (χ4n) is 2.50. The van der Waals surface area contributed by atoms with Crippen LogP contribution in [-0.4, -0.2) is 35.3 Å². The van der Waals surface area contributed by atoms with Crippen LogP contribution in [-0.2, 0) is 9.59 Å². The van der Waals surface area contributed by atoms with E-state index in [2.05, 4.69) is 33.0 Å². The molecule has 4 nitrogen and oxygen atoms in total. The van der Waals surface area contributed by atoms with E-state index in [0.717, 1.165) is 12.8 Å². The maximum Gasteiger partial charge on any atom is 0.245 e. The Morgan fingerprint density at radius 3 is 2.30 bits per heavy atom. The smallest absolute Gasteiger partial charge is 0.245 e. The summed E-state index contributed by atoms with van der Waals surface area (Å²) in [5.74, 6) is 0.453. The van der Waals surface area contributed by atoms with Gasteiger partial charge >= 0.3 is 0 Å². The lowest BCUT2D eigenvalue weighted by molar-refractivity contribution is -0.150. The van der Waals surface area contributed by atoms with Gasteiger partial charge < -0.3 is 10.2 Å². The number of hydrogen-bond acceptors (Lipinski definition) is 2. The highest BCUT2D eigenvalue weighted by molar-refractivity contribution is 5.96. The van der Waals surface area contributed by atoms with E-state index in [1.165, 1.54) is 0 Å². The molecule has 1 saturated heterocycles. The third-order valence-electron chi connectivity index (χ3n) is 4.49. The number of piperazine rings is 1. The fraction of sp³-hybridized carbons (Fsp3) is 0.875. The summed E-state index contributed by atoms with van der Waals surface area (Å²) in [5.41, 5.74) is 0.132. The Kier molecular flexibility index (Phi) is 5.60. The summed E-state index contributed by atoms with van der Waals surface area (Å²) in [6, 6.07) is -0.636. The predicted molar refractivity (Wildman–Crippen MR) is 81.2 cm³/mol. The largest absolute Gasteiger partial charge is 0.343 e. The average molecular weight is 282 g/mol. The van der Waals surface area contributed by atoms with Crippen molar-refractivity contribution in [3.63, 3.8) is 0 Å². The van der Waals surface area contributed by atoms with Crippen molar-refractivity contribution in [2.45, 2.75) is 72.9 Å².